The summed E-state index contributed by atoms with van der Waals surface area (Å²) in [5, 5.41) is 2.79. The minimum Gasteiger partial charge on any atom is -0.355 e. The van der Waals surface area contributed by atoms with Gasteiger partial charge in [-0.15, -0.1) is 0 Å². The molecule has 1 heterocycles. The zero-order valence-corrected chi connectivity index (χ0v) is 12.0. The summed E-state index contributed by atoms with van der Waals surface area (Å²) in [6.07, 6.45) is 1.01. The van der Waals surface area contributed by atoms with Crippen molar-refractivity contribution in [3.63, 3.8) is 0 Å². The largest absolute Gasteiger partial charge is 0.355 e. The van der Waals surface area contributed by atoms with E-state index in [1.54, 1.807) is 12.1 Å². The molecule has 3 rings (SSSR count). The third-order valence-corrected chi connectivity index (χ3v) is 5.46. The van der Waals surface area contributed by atoms with Gasteiger partial charge in [0, 0.05) is 12.5 Å². The van der Waals surface area contributed by atoms with Crippen molar-refractivity contribution in [3.05, 3.63) is 29.8 Å². The highest BCUT2D eigenvalue weighted by Gasteiger charge is 2.47. The van der Waals surface area contributed by atoms with Crippen LogP contribution in [0.4, 0.5) is 0 Å². The Kier molecular flexibility index (Phi) is 3.30. The molecule has 0 aromatic heterocycles. The van der Waals surface area contributed by atoms with Gasteiger partial charge in [-0.2, -0.15) is 8.42 Å². The molecule has 6 heteroatoms. The molecule has 0 spiro atoms. The molecule has 1 saturated carbocycles. The van der Waals surface area contributed by atoms with Crippen LogP contribution in [-0.2, 0) is 19.1 Å². The average Bonchev–Trinajstić information content (AvgIpc) is 2.67. The minimum atomic E-state index is -3.81. The first kappa shape index (κ1) is 13.6. The lowest BCUT2D eigenvalue weighted by Gasteiger charge is -2.29. The van der Waals surface area contributed by atoms with Gasteiger partial charge >= 0.3 is 0 Å². The van der Waals surface area contributed by atoms with E-state index in [0.717, 1.165) is 12.0 Å². The van der Waals surface area contributed by atoms with Crippen molar-refractivity contribution in [2.45, 2.75) is 30.8 Å². The molecule has 1 aliphatic carbocycles. The topological polar surface area (TPSA) is 72.5 Å². The van der Waals surface area contributed by atoms with E-state index < -0.39 is 16.2 Å². The van der Waals surface area contributed by atoms with Crippen LogP contribution in [0.5, 0.6) is 0 Å². The second-order valence-corrected chi connectivity index (χ2v) is 7.09. The maximum Gasteiger partial charge on any atom is 0.297 e. The predicted molar refractivity (Wildman–Crippen MR) is 72.5 cm³/mol. The van der Waals surface area contributed by atoms with Crippen molar-refractivity contribution in [1.82, 2.24) is 5.32 Å². The maximum absolute atomic E-state index is 12.3. The molecule has 1 aromatic rings. The molecule has 1 aromatic carbocycles. The molecule has 1 saturated heterocycles. The third kappa shape index (κ3) is 2.33. The molecule has 5 nitrogen and oxygen atoms in total. The zero-order valence-electron chi connectivity index (χ0n) is 11.2. The lowest BCUT2D eigenvalue weighted by Crippen LogP contribution is -2.47. The summed E-state index contributed by atoms with van der Waals surface area (Å²) in [4.78, 5) is 11.9. The van der Waals surface area contributed by atoms with Gasteiger partial charge in [0.15, 0.2) is 0 Å². The molecule has 2 fully saturated rings. The Bertz CT molecular complexity index is 623. The summed E-state index contributed by atoms with van der Waals surface area (Å²) in [5.74, 6) is -0.338. The van der Waals surface area contributed by atoms with Crippen LogP contribution in [0.1, 0.15) is 18.4 Å². The van der Waals surface area contributed by atoms with E-state index in [-0.39, 0.29) is 22.6 Å². The molecule has 1 N–H and O–H groups in total. The lowest BCUT2D eigenvalue weighted by molar-refractivity contribution is -0.129. The summed E-state index contributed by atoms with van der Waals surface area (Å²) in [7, 11) is -3.81. The summed E-state index contributed by atoms with van der Waals surface area (Å²) >= 11 is 0. The second kappa shape index (κ2) is 4.86. The van der Waals surface area contributed by atoms with Crippen molar-refractivity contribution in [2.24, 2.45) is 11.8 Å². The van der Waals surface area contributed by atoms with Crippen LogP contribution in [-0.4, -0.2) is 27.0 Å². The Hall–Kier alpha value is -1.40. The molecule has 108 valence electrons. The molecule has 2 bridgehead atoms. The number of amides is 1. The van der Waals surface area contributed by atoms with Crippen LogP contribution in [0.15, 0.2) is 29.2 Å². The molecule has 20 heavy (non-hydrogen) atoms. The molecule has 3 atom stereocenters. The molecular formula is C14H17NO4S. The normalized spacial score (nSPS) is 29.2. The first-order chi connectivity index (χ1) is 9.47. The quantitative estimate of drug-likeness (QED) is 0.851. The van der Waals surface area contributed by atoms with Crippen LogP contribution in [0.25, 0.3) is 0 Å². The maximum atomic E-state index is 12.3. The number of carbonyl (C=O) groups is 1. The van der Waals surface area contributed by atoms with Gasteiger partial charge in [-0.25, -0.2) is 0 Å². The van der Waals surface area contributed by atoms with Crippen LogP contribution in [0.2, 0.25) is 0 Å². The predicted octanol–water partition coefficient (Wildman–Crippen LogP) is 1.22. The fraction of sp³-hybridized carbons (Fsp3) is 0.500. The highest BCUT2D eigenvalue weighted by Crippen LogP contribution is 2.38. The van der Waals surface area contributed by atoms with Gasteiger partial charge in [-0.1, -0.05) is 17.7 Å². The number of piperidine rings is 1. The first-order valence-electron chi connectivity index (χ1n) is 6.75. The van der Waals surface area contributed by atoms with E-state index in [1.807, 2.05) is 6.92 Å². The summed E-state index contributed by atoms with van der Waals surface area (Å²) in [6, 6.07) is 6.54. The number of benzene rings is 1. The van der Waals surface area contributed by atoms with Gasteiger partial charge in [0.1, 0.15) is 0 Å². The number of fused-ring (bicyclic) bond motifs is 2. The average molecular weight is 295 g/mol. The Labute approximate surface area is 118 Å². The summed E-state index contributed by atoms with van der Waals surface area (Å²) in [5.41, 5.74) is 0.987. The van der Waals surface area contributed by atoms with E-state index in [4.69, 9.17) is 4.18 Å². The van der Waals surface area contributed by atoms with E-state index in [2.05, 4.69) is 5.32 Å². The monoisotopic (exact) mass is 295 g/mol. The molecule has 0 radical (unpaired) electrons. The Morgan fingerprint density at radius 1 is 1.20 bits per heavy atom. The fourth-order valence-corrected chi connectivity index (χ4v) is 4.13. The van der Waals surface area contributed by atoms with Gasteiger partial charge in [0.05, 0.1) is 16.9 Å². The highest BCUT2D eigenvalue weighted by molar-refractivity contribution is 7.86. The Balaban J connectivity index is 1.83. The first-order valence-corrected chi connectivity index (χ1v) is 8.16. The van der Waals surface area contributed by atoms with E-state index >= 15 is 0 Å². The van der Waals surface area contributed by atoms with Gasteiger partial charge in [0.2, 0.25) is 5.91 Å². The zero-order chi connectivity index (χ0) is 14.3. The molecule has 1 amide bonds. The lowest BCUT2D eigenvalue weighted by atomic mass is 9.96. The van der Waals surface area contributed by atoms with Crippen LogP contribution < -0.4 is 5.32 Å². The standard InChI is InChI=1S/C14H17NO4S/c1-9-2-5-11(6-3-9)20(17,18)19-13-10-4-7-12(13)14(16)15-8-10/h2-3,5-6,10,12-13H,4,7-8H2,1H3,(H,15,16)/t10-,12-,13-/m1/s1. The van der Waals surface area contributed by atoms with Crippen LogP contribution >= 0.6 is 0 Å². The van der Waals surface area contributed by atoms with Gasteiger partial charge in [-0.05, 0) is 31.9 Å². The second-order valence-electron chi connectivity index (χ2n) is 5.52. The molecule has 2 aliphatic rings. The molecular weight excluding hydrogens is 278 g/mol. The van der Waals surface area contributed by atoms with Crippen molar-refractivity contribution in [2.75, 3.05) is 6.54 Å². The van der Waals surface area contributed by atoms with Crippen molar-refractivity contribution in [3.8, 4) is 0 Å². The van der Waals surface area contributed by atoms with Gasteiger partial charge < -0.3 is 5.32 Å². The number of hydrogen-bond acceptors (Lipinski definition) is 4. The number of carbonyl (C=O) groups excluding carboxylic acids is 1. The Morgan fingerprint density at radius 3 is 2.60 bits per heavy atom. The minimum absolute atomic E-state index is 0.0946. The third-order valence-electron chi connectivity index (χ3n) is 4.13. The number of hydrogen-bond donors (Lipinski definition) is 1. The van der Waals surface area contributed by atoms with Crippen LogP contribution in [0, 0.1) is 18.8 Å². The van der Waals surface area contributed by atoms with Gasteiger partial charge in [0.25, 0.3) is 10.1 Å². The van der Waals surface area contributed by atoms with Gasteiger partial charge in [-0.3, -0.25) is 8.98 Å². The number of nitrogens with one attached hydrogen (secondary N) is 1. The van der Waals surface area contributed by atoms with Crippen molar-refractivity contribution in [1.29, 1.82) is 0 Å². The number of aryl methyl sites for hydroxylation is 1. The Morgan fingerprint density at radius 2 is 1.90 bits per heavy atom. The van der Waals surface area contributed by atoms with Crippen molar-refractivity contribution < 1.29 is 17.4 Å². The van der Waals surface area contributed by atoms with E-state index in [9.17, 15) is 13.2 Å². The molecule has 0 unspecified atom stereocenters. The van der Waals surface area contributed by atoms with Crippen LogP contribution in [0.3, 0.4) is 0 Å². The smallest absolute Gasteiger partial charge is 0.297 e. The summed E-state index contributed by atoms with van der Waals surface area (Å²) in [6.45, 7) is 2.40. The van der Waals surface area contributed by atoms with E-state index in [0.29, 0.717) is 13.0 Å². The SMILES string of the molecule is Cc1ccc(S(=O)(=O)O[C@@H]2[C@@H]3CC[C@H]2C(=O)NC3)cc1. The van der Waals surface area contributed by atoms with Crippen molar-refractivity contribution >= 4 is 16.0 Å². The summed E-state index contributed by atoms with van der Waals surface area (Å²) < 4.78 is 29.9. The highest BCUT2D eigenvalue weighted by atomic mass is 32.2. The number of rotatable bonds is 3. The van der Waals surface area contributed by atoms with E-state index in [1.165, 1.54) is 12.1 Å². The fourth-order valence-electron chi connectivity index (χ4n) is 2.96. The molecule has 1 aliphatic heterocycles.